The number of halogens is 1. The van der Waals surface area contributed by atoms with E-state index in [0.717, 1.165) is 36.1 Å². The first-order chi connectivity index (χ1) is 11.8. The van der Waals surface area contributed by atoms with Gasteiger partial charge in [-0.15, -0.1) is 24.0 Å². The van der Waals surface area contributed by atoms with Gasteiger partial charge in [0.15, 0.2) is 5.96 Å². The van der Waals surface area contributed by atoms with Gasteiger partial charge in [0.25, 0.3) is 0 Å². The van der Waals surface area contributed by atoms with Gasteiger partial charge in [-0.05, 0) is 31.2 Å². The molecule has 0 bridgehead atoms. The number of pyridine rings is 1. The number of hydrogen-bond acceptors (Lipinski definition) is 3. The predicted molar refractivity (Wildman–Crippen MR) is 115 cm³/mol. The summed E-state index contributed by atoms with van der Waals surface area (Å²) < 4.78 is 12.2. The maximum Gasteiger partial charge on any atom is 0.191 e. The summed E-state index contributed by atoms with van der Waals surface area (Å²) in [7, 11) is -1.01. The third kappa shape index (κ3) is 8.44. The molecule has 0 aliphatic heterocycles. The molecule has 1 heterocycles. The highest BCUT2D eigenvalue weighted by molar-refractivity contribution is 14.0. The van der Waals surface area contributed by atoms with E-state index >= 15 is 0 Å². The highest BCUT2D eigenvalue weighted by Gasteiger charge is 2.03. The Hall–Kier alpha value is -1.48. The van der Waals surface area contributed by atoms with Crippen molar-refractivity contribution in [1.29, 1.82) is 0 Å². The van der Waals surface area contributed by atoms with Gasteiger partial charge in [0.1, 0.15) is 0 Å². The summed E-state index contributed by atoms with van der Waals surface area (Å²) in [6, 6.07) is 15.4. The van der Waals surface area contributed by atoms with Crippen molar-refractivity contribution in [3.8, 4) is 0 Å². The molecule has 0 saturated heterocycles. The number of hydrogen-bond donors (Lipinski definition) is 2. The maximum atomic E-state index is 12.2. The molecule has 0 spiro atoms. The zero-order chi connectivity index (χ0) is 17.0. The molecule has 7 heteroatoms. The van der Waals surface area contributed by atoms with E-state index in [1.165, 1.54) is 0 Å². The van der Waals surface area contributed by atoms with Crippen LogP contribution in [0, 0.1) is 0 Å². The van der Waals surface area contributed by atoms with Gasteiger partial charge in [0, 0.05) is 42.0 Å². The molecule has 25 heavy (non-hydrogen) atoms. The van der Waals surface area contributed by atoms with E-state index in [0.29, 0.717) is 12.3 Å². The molecular formula is C18H25IN4OS. The van der Waals surface area contributed by atoms with E-state index in [1.54, 1.807) is 6.20 Å². The van der Waals surface area contributed by atoms with E-state index in [1.807, 2.05) is 55.5 Å². The van der Waals surface area contributed by atoms with Gasteiger partial charge in [0.05, 0.1) is 17.3 Å². The molecule has 1 unspecified atom stereocenters. The fourth-order valence-electron chi connectivity index (χ4n) is 2.13. The lowest BCUT2D eigenvalue weighted by atomic mass is 10.3. The lowest BCUT2D eigenvalue weighted by Crippen LogP contribution is -2.38. The molecule has 2 N–H and O–H groups in total. The predicted octanol–water partition coefficient (Wildman–Crippen LogP) is 2.61. The molecule has 136 valence electrons. The minimum atomic E-state index is -1.01. The van der Waals surface area contributed by atoms with Crippen LogP contribution in [0.4, 0.5) is 0 Å². The molecule has 5 nitrogen and oxygen atoms in total. The Morgan fingerprint density at radius 3 is 2.56 bits per heavy atom. The topological polar surface area (TPSA) is 66.4 Å². The molecule has 0 aliphatic carbocycles. The van der Waals surface area contributed by atoms with Crippen molar-refractivity contribution in [3.05, 3.63) is 60.4 Å². The Morgan fingerprint density at radius 1 is 1.12 bits per heavy atom. The first kappa shape index (κ1) is 21.6. The second-order valence-electron chi connectivity index (χ2n) is 5.12. The third-order valence-electron chi connectivity index (χ3n) is 3.30. The van der Waals surface area contributed by atoms with Gasteiger partial charge in [-0.1, -0.05) is 24.3 Å². The van der Waals surface area contributed by atoms with Crippen molar-refractivity contribution >= 4 is 40.7 Å². The maximum absolute atomic E-state index is 12.2. The summed E-state index contributed by atoms with van der Waals surface area (Å²) in [5.41, 5.74) is 1.05. The summed E-state index contributed by atoms with van der Waals surface area (Å²) >= 11 is 0. The largest absolute Gasteiger partial charge is 0.357 e. The molecule has 0 saturated carbocycles. The normalized spacial score (nSPS) is 12.1. The number of aliphatic imine (C=N–C) groups is 1. The zero-order valence-electron chi connectivity index (χ0n) is 14.4. The summed E-state index contributed by atoms with van der Waals surface area (Å²) in [5.74, 6) is 1.26. The SMILES string of the molecule is CCNC(=NCCS(=O)c1ccccc1)NCCc1ccccn1.I. The van der Waals surface area contributed by atoms with Crippen LogP contribution in [0.15, 0.2) is 64.6 Å². The number of guanidine groups is 1. The van der Waals surface area contributed by atoms with Crippen molar-refractivity contribution in [1.82, 2.24) is 15.6 Å². The highest BCUT2D eigenvalue weighted by Crippen LogP contribution is 2.05. The Kier molecular flexibility index (Phi) is 11.1. The molecular weight excluding hydrogens is 447 g/mol. The van der Waals surface area contributed by atoms with E-state index in [4.69, 9.17) is 0 Å². The molecule has 1 aromatic carbocycles. The van der Waals surface area contributed by atoms with E-state index in [-0.39, 0.29) is 24.0 Å². The average Bonchev–Trinajstić information content (AvgIpc) is 2.63. The van der Waals surface area contributed by atoms with E-state index in [9.17, 15) is 4.21 Å². The van der Waals surface area contributed by atoms with Crippen LogP contribution in [0.3, 0.4) is 0 Å². The Balaban J connectivity index is 0.00000312. The van der Waals surface area contributed by atoms with Crippen molar-refractivity contribution in [3.63, 3.8) is 0 Å². The number of rotatable bonds is 8. The minimum absolute atomic E-state index is 0. The first-order valence-electron chi connectivity index (χ1n) is 8.15. The van der Waals surface area contributed by atoms with Crippen molar-refractivity contribution < 1.29 is 4.21 Å². The lowest BCUT2D eigenvalue weighted by molar-refractivity contribution is 0.682. The van der Waals surface area contributed by atoms with Crippen molar-refractivity contribution in [2.24, 2.45) is 4.99 Å². The van der Waals surface area contributed by atoms with Crippen LogP contribution in [-0.4, -0.2) is 40.5 Å². The van der Waals surface area contributed by atoms with Crippen LogP contribution in [0.2, 0.25) is 0 Å². The Morgan fingerprint density at radius 2 is 1.88 bits per heavy atom. The second kappa shape index (κ2) is 12.8. The van der Waals surface area contributed by atoms with Gasteiger partial charge in [-0.2, -0.15) is 0 Å². The van der Waals surface area contributed by atoms with Crippen LogP contribution < -0.4 is 10.6 Å². The minimum Gasteiger partial charge on any atom is -0.357 e. The summed E-state index contributed by atoms with van der Waals surface area (Å²) in [6.07, 6.45) is 2.63. The fraction of sp³-hybridized carbons (Fsp3) is 0.333. The number of benzene rings is 1. The monoisotopic (exact) mass is 472 g/mol. The van der Waals surface area contributed by atoms with E-state index in [2.05, 4.69) is 20.6 Å². The lowest BCUT2D eigenvalue weighted by Gasteiger charge is -2.11. The summed E-state index contributed by atoms with van der Waals surface area (Å²) in [4.78, 5) is 9.64. The van der Waals surface area contributed by atoms with Crippen LogP contribution in [0.25, 0.3) is 0 Å². The van der Waals surface area contributed by atoms with Gasteiger partial charge in [-0.3, -0.25) is 14.2 Å². The molecule has 2 rings (SSSR count). The van der Waals surface area contributed by atoms with Gasteiger partial charge < -0.3 is 10.6 Å². The van der Waals surface area contributed by atoms with Crippen LogP contribution in [-0.2, 0) is 17.2 Å². The van der Waals surface area contributed by atoms with Gasteiger partial charge in [-0.25, -0.2) is 0 Å². The standard InChI is InChI=1S/C18H24N4OS.HI/c1-2-19-18(21-13-11-16-8-6-7-12-20-16)22-14-15-24(23)17-9-4-3-5-10-17;/h3-10,12H,2,11,13-15H2,1H3,(H2,19,21,22);1H. The molecule has 1 atom stereocenters. The van der Waals surface area contributed by atoms with Crippen LogP contribution in [0.5, 0.6) is 0 Å². The van der Waals surface area contributed by atoms with Crippen LogP contribution in [0.1, 0.15) is 12.6 Å². The average molecular weight is 472 g/mol. The van der Waals surface area contributed by atoms with Crippen LogP contribution >= 0.6 is 24.0 Å². The van der Waals surface area contributed by atoms with Crippen molar-refractivity contribution in [2.45, 2.75) is 18.2 Å². The molecule has 0 radical (unpaired) electrons. The number of nitrogens with zero attached hydrogens (tertiary/aromatic N) is 2. The van der Waals surface area contributed by atoms with Gasteiger partial charge in [0.2, 0.25) is 0 Å². The molecule has 2 aromatic rings. The number of aromatic nitrogens is 1. The zero-order valence-corrected chi connectivity index (χ0v) is 17.5. The Bertz CT molecular complexity index is 653. The van der Waals surface area contributed by atoms with Gasteiger partial charge >= 0.3 is 0 Å². The van der Waals surface area contributed by atoms with Crippen molar-refractivity contribution in [2.75, 3.05) is 25.4 Å². The number of nitrogens with one attached hydrogen (secondary N) is 2. The quantitative estimate of drug-likeness (QED) is 0.352. The third-order valence-corrected chi connectivity index (χ3v) is 4.65. The van der Waals surface area contributed by atoms with E-state index < -0.39 is 10.8 Å². The smallest absolute Gasteiger partial charge is 0.191 e. The molecule has 0 aliphatic rings. The first-order valence-corrected chi connectivity index (χ1v) is 9.47. The molecule has 1 aromatic heterocycles. The molecule has 0 fully saturated rings. The summed E-state index contributed by atoms with van der Waals surface area (Å²) in [5, 5.41) is 6.48. The second-order valence-corrected chi connectivity index (χ2v) is 6.69. The fourth-order valence-corrected chi connectivity index (χ4v) is 3.08. The molecule has 0 amide bonds. The highest BCUT2D eigenvalue weighted by atomic mass is 127. The Labute approximate surface area is 169 Å². The summed E-state index contributed by atoms with van der Waals surface area (Å²) in [6.45, 7) is 4.08.